The lowest BCUT2D eigenvalue weighted by Crippen LogP contribution is -2.22. The summed E-state index contributed by atoms with van der Waals surface area (Å²) in [4.78, 5) is 29.2. The van der Waals surface area contributed by atoms with Crippen molar-refractivity contribution in [3.63, 3.8) is 0 Å². The highest BCUT2D eigenvalue weighted by atomic mass is 79.9. The molecule has 4 rings (SSSR count). The molecular formula is C27H22Br2ClN3O4. The van der Waals surface area contributed by atoms with Crippen molar-refractivity contribution in [1.82, 2.24) is 9.66 Å². The quantitative estimate of drug-likeness (QED) is 0.196. The van der Waals surface area contributed by atoms with Crippen molar-refractivity contribution in [3.05, 3.63) is 101 Å². The van der Waals surface area contributed by atoms with Crippen molar-refractivity contribution in [1.29, 1.82) is 0 Å². The molecule has 0 atom stereocenters. The van der Waals surface area contributed by atoms with E-state index < -0.39 is 5.97 Å². The van der Waals surface area contributed by atoms with Gasteiger partial charge in [-0.3, -0.25) is 4.79 Å². The zero-order chi connectivity index (χ0) is 26.5. The smallest absolute Gasteiger partial charge is 0.335 e. The number of halogens is 3. The number of hydrogen-bond donors (Lipinski definition) is 1. The predicted octanol–water partition coefficient (Wildman–Crippen LogP) is 7.08. The molecule has 4 aromatic rings. The first-order valence-corrected chi connectivity index (χ1v) is 13.4. The number of rotatable bonds is 9. The number of ether oxygens (including phenoxy) is 1. The first-order chi connectivity index (χ1) is 17.8. The van der Waals surface area contributed by atoms with E-state index in [0.717, 1.165) is 22.9 Å². The molecule has 0 aliphatic heterocycles. The van der Waals surface area contributed by atoms with Crippen LogP contribution >= 0.6 is 43.5 Å². The highest BCUT2D eigenvalue weighted by molar-refractivity contribution is 9.10. The second kappa shape index (κ2) is 12.0. The second-order valence-corrected chi connectivity index (χ2v) is 10.5. The Morgan fingerprint density at radius 2 is 1.92 bits per heavy atom. The van der Waals surface area contributed by atoms with E-state index in [2.05, 4.69) is 43.9 Å². The molecule has 37 heavy (non-hydrogen) atoms. The molecule has 0 radical (unpaired) electrons. The van der Waals surface area contributed by atoms with Gasteiger partial charge in [-0.1, -0.05) is 53.0 Å². The van der Waals surface area contributed by atoms with Gasteiger partial charge in [0.1, 0.15) is 18.2 Å². The summed E-state index contributed by atoms with van der Waals surface area (Å²) < 4.78 is 8.78. The number of unbranched alkanes of at least 4 members (excludes halogenated alkanes) is 1. The summed E-state index contributed by atoms with van der Waals surface area (Å²) in [5.74, 6) is 0.0608. The predicted molar refractivity (Wildman–Crippen MR) is 152 cm³/mol. The van der Waals surface area contributed by atoms with Gasteiger partial charge in [-0.25, -0.2) is 9.78 Å². The van der Waals surface area contributed by atoms with Gasteiger partial charge in [-0.05, 0) is 70.4 Å². The largest absolute Gasteiger partial charge is 0.487 e. The maximum atomic E-state index is 13.4. The van der Waals surface area contributed by atoms with E-state index in [0.29, 0.717) is 44.0 Å². The van der Waals surface area contributed by atoms with Gasteiger partial charge in [-0.15, -0.1) is 0 Å². The number of carbonyl (C=O) groups is 1. The zero-order valence-corrected chi connectivity index (χ0v) is 23.7. The number of aromatic nitrogens is 2. The fraction of sp³-hybridized carbons (Fsp3) is 0.185. The van der Waals surface area contributed by atoms with Crippen LogP contribution in [-0.4, -0.2) is 27.0 Å². The monoisotopic (exact) mass is 645 g/mol. The third kappa shape index (κ3) is 6.47. The first kappa shape index (κ1) is 27.0. The molecule has 0 amide bonds. The molecule has 7 nitrogen and oxygen atoms in total. The fourth-order valence-corrected chi connectivity index (χ4v) is 4.97. The average Bonchev–Trinajstić information content (AvgIpc) is 2.87. The minimum Gasteiger partial charge on any atom is -0.487 e. The summed E-state index contributed by atoms with van der Waals surface area (Å²) in [6, 6.07) is 15.2. The van der Waals surface area contributed by atoms with Crippen LogP contribution in [0.25, 0.3) is 10.9 Å². The number of nitrogens with zero attached hydrogens (tertiary/aromatic N) is 3. The third-order valence-electron chi connectivity index (χ3n) is 5.56. The molecule has 0 spiro atoms. The van der Waals surface area contributed by atoms with Crippen LogP contribution in [0, 0.1) is 0 Å². The highest BCUT2D eigenvalue weighted by Gasteiger charge is 2.13. The molecule has 0 aliphatic rings. The minimum atomic E-state index is -0.990. The Morgan fingerprint density at radius 1 is 1.16 bits per heavy atom. The summed E-state index contributed by atoms with van der Waals surface area (Å²) in [6.07, 6.45) is 3.94. The molecule has 0 fully saturated rings. The molecule has 1 heterocycles. The van der Waals surface area contributed by atoms with Crippen LogP contribution in [0.3, 0.4) is 0 Å². The number of fused-ring (bicyclic) bond motifs is 1. The summed E-state index contributed by atoms with van der Waals surface area (Å²) in [5, 5.41) is 14.5. The molecule has 0 bridgehead atoms. The van der Waals surface area contributed by atoms with Gasteiger partial charge in [0.15, 0.2) is 0 Å². The van der Waals surface area contributed by atoms with Crippen LogP contribution in [0.4, 0.5) is 0 Å². The number of hydrogen-bond acceptors (Lipinski definition) is 5. The molecule has 190 valence electrons. The third-order valence-corrected chi connectivity index (χ3v) is 6.86. The Kier molecular flexibility index (Phi) is 8.79. The van der Waals surface area contributed by atoms with Gasteiger partial charge in [0.05, 0.1) is 27.2 Å². The number of carboxylic acid groups (broad SMARTS) is 1. The van der Waals surface area contributed by atoms with Crippen molar-refractivity contribution < 1.29 is 14.6 Å². The zero-order valence-electron chi connectivity index (χ0n) is 19.7. The first-order valence-electron chi connectivity index (χ1n) is 11.5. The lowest BCUT2D eigenvalue weighted by atomic mass is 10.1. The van der Waals surface area contributed by atoms with Gasteiger partial charge >= 0.3 is 5.97 Å². The normalized spacial score (nSPS) is 11.4. The maximum Gasteiger partial charge on any atom is 0.335 e. The van der Waals surface area contributed by atoms with Crippen LogP contribution in [0.5, 0.6) is 5.75 Å². The molecule has 0 saturated heterocycles. The lowest BCUT2D eigenvalue weighted by Gasteiger charge is -2.13. The van der Waals surface area contributed by atoms with Crippen LogP contribution < -0.4 is 10.3 Å². The highest BCUT2D eigenvalue weighted by Crippen LogP contribution is 2.32. The second-order valence-electron chi connectivity index (χ2n) is 8.25. The molecule has 10 heteroatoms. The van der Waals surface area contributed by atoms with E-state index in [1.165, 1.54) is 23.0 Å². The summed E-state index contributed by atoms with van der Waals surface area (Å²) in [6.45, 7) is 2.26. The lowest BCUT2D eigenvalue weighted by molar-refractivity contribution is 0.0697. The molecule has 3 aromatic carbocycles. The number of aryl methyl sites for hydroxylation is 1. The Hall–Kier alpha value is -3.01. The Bertz CT molecular complexity index is 1550. The van der Waals surface area contributed by atoms with Crippen molar-refractivity contribution in [2.45, 2.75) is 32.8 Å². The molecule has 1 aromatic heterocycles. The van der Waals surface area contributed by atoms with Gasteiger partial charge in [0.25, 0.3) is 5.56 Å². The topological polar surface area (TPSA) is 93.8 Å². The molecule has 0 aliphatic carbocycles. The van der Waals surface area contributed by atoms with Crippen molar-refractivity contribution >= 4 is 66.5 Å². The number of aromatic carboxylic acids is 1. The maximum absolute atomic E-state index is 13.4. The number of benzene rings is 3. The van der Waals surface area contributed by atoms with Crippen LogP contribution in [-0.2, 0) is 13.0 Å². The molecular weight excluding hydrogens is 626 g/mol. The number of carboxylic acids is 1. The minimum absolute atomic E-state index is 0.189. The van der Waals surface area contributed by atoms with Gasteiger partial charge in [0.2, 0.25) is 0 Å². The SMILES string of the molecule is CCCCc1nc2ccc(Br)cc2c(=O)n1N=Cc1cc(Cl)cc(Br)c1OCc1ccc(C(=O)O)cc1. The van der Waals surface area contributed by atoms with Crippen molar-refractivity contribution in [2.24, 2.45) is 5.10 Å². The van der Waals surface area contributed by atoms with Crippen molar-refractivity contribution in [2.75, 3.05) is 0 Å². The van der Waals surface area contributed by atoms with Crippen LogP contribution in [0.15, 0.2) is 73.4 Å². The summed E-state index contributed by atoms with van der Waals surface area (Å²) in [5.41, 5.74) is 1.90. The van der Waals surface area contributed by atoms with Crippen molar-refractivity contribution in [3.8, 4) is 5.75 Å². The van der Waals surface area contributed by atoms with E-state index in [4.69, 9.17) is 26.4 Å². The van der Waals surface area contributed by atoms with E-state index in [1.807, 2.05) is 12.1 Å². The Labute approximate surface area is 235 Å². The van der Waals surface area contributed by atoms with E-state index in [-0.39, 0.29) is 17.7 Å². The van der Waals surface area contributed by atoms with Gasteiger partial charge in [0, 0.05) is 21.5 Å². The van der Waals surface area contributed by atoms with E-state index in [9.17, 15) is 9.59 Å². The summed E-state index contributed by atoms with van der Waals surface area (Å²) >= 11 is 13.2. The summed E-state index contributed by atoms with van der Waals surface area (Å²) in [7, 11) is 0. The van der Waals surface area contributed by atoms with Crippen LogP contribution in [0.2, 0.25) is 5.02 Å². The Balaban J connectivity index is 1.71. The standard InChI is InChI=1S/C27H22Br2ClN3O4/c1-2-3-4-24-32-23-10-9-19(28)12-21(23)26(34)33(24)31-14-18-11-20(30)13-22(29)25(18)37-15-16-5-7-17(8-6-16)27(35)36/h5-14H,2-4,15H2,1H3,(H,35,36). The average molecular weight is 648 g/mol. The van der Waals surface area contributed by atoms with E-state index in [1.54, 1.807) is 30.3 Å². The molecule has 0 saturated carbocycles. The van der Waals surface area contributed by atoms with E-state index >= 15 is 0 Å². The fourth-order valence-electron chi connectivity index (χ4n) is 3.66. The molecule has 0 unspecified atom stereocenters. The van der Waals surface area contributed by atoms with Gasteiger partial charge < -0.3 is 9.84 Å². The molecule has 1 N–H and O–H groups in total. The van der Waals surface area contributed by atoms with Gasteiger partial charge in [-0.2, -0.15) is 9.78 Å². The Morgan fingerprint density at radius 3 is 2.62 bits per heavy atom. The van der Waals surface area contributed by atoms with Crippen LogP contribution in [0.1, 0.15) is 47.1 Å².